The van der Waals surface area contributed by atoms with Crippen LogP contribution in [0, 0.1) is 0 Å². The van der Waals surface area contributed by atoms with Gasteiger partial charge in [0.15, 0.2) is 0 Å². The summed E-state index contributed by atoms with van der Waals surface area (Å²) in [6, 6.07) is 7.84. The largest absolute Gasteiger partial charge is 0.394 e. The van der Waals surface area contributed by atoms with Crippen LogP contribution in [0.5, 0.6) is 0 Å². The number of allylic oxidation sites excluding steroid dienone is 2. The van der Waals surface area contributed by atoms with Crippen molar-refractivity contribution in [2.75, 3.05) is 19.7 Å². The van der Waals surface area contributed by atoms with Gasteiger partial charge in [0.2, 0.25) is 5.91 Å². The third-order valence-corrected chi connectivity index (χ3v) is 5.76. The molecule has 1 aromatic carbocycles. The lowest BCUT2D eigenvalue weighted by Gasteiger charge is -2.54. The Balaban J connectivity index is 1.79. The Labute approximate surface area is 167 Å². The minimum Gasteiger partial charge on any atom is -0.394 e. The Hall–Kier alpha value is -2.34. The SMILES string of the molecule is CCCNC(=O)N1[C@@H](CO)[C@H](c2ccc(C3=CCCC3)cc2)[C@@H]1CNC(C)=O. The Morgan fingerprint density at radius 3 is 2.50 bits per heavy atom. The maximum Gasteiger partial charge on any atom is 0.318 e. The second kappa shape index (κ2) is 9.24. The second-order valence-corrected chi connectivity index (χ2v) is 7.66. The number of nitrogens with zero attached hydrogens (tertiary/aromatic N) is 1. The van der Waals surface area contributed by atoms with Gasteiger partial charge >= 0.3 is 6.03 Å². The molecule has 1 saturated heterocycles. The quantitative estimate of drug-likeness (QED) is 0.675. The van der Waals surface area contributed by atoms with Crippen LogP contribution >= 0.6 is 0 Å². The van der Waals surface area contributed by atoms with Crippen molar-refractivity contribution < 1.29 is 14.7 Å². The average molecular weight is 386 g/mol. The van der Waals surface area contributed by atoms with E-state index in [1.54, 1.807) is 4.90 Å². The van der Waals surface area contributed by atoms with Gasteiger partial charge in [-0.1, -0.05) is 37.3 Å². The molecule has 3 atom stereocenters. The summed E-state index contributed by atoms with van der Waals surface area (Å²) in [5.74, 6) is -0.125. The molecule has 0 saturated carbocycles. The van der Waals surface area contributed by atoms with Crippen molar-refractivity contribution in [1.82, 2.24) is 15.5 Å². The molecule has 6 heteroatoms. The maximum absolute atomic E-state index is 12.6. The fraction of sp³-hybridized carbons (Fsp3) is 0.545. The van der Waals surface area contributed by atoms with Crippen LogP contribution in [0.2, 0.25) is 0 Å². The van der Waals surface area contributed by atoms with E-state index in [0.29, 0.717) is 13.1 Å². The van der Waals surface area contributed by atoms with Crippen molar-refractivity contribution in [2.24, 2.45) is 0 Å². The van der Waals surface area contributed by atoms with Crippen LogP contribution in [-0.4, -0.2) is 53.7 Å². The van der Waals surface area contributed by atoms with Gasteiger partial charge in [-0.3, -0.25) is 4.79 Å². The molecule has 28 heavy (non-hydrogen) atoms. The van der Waals surface area contributed by atoms with Crippen molar-refractivity contribution in [1.29, 1.82) is 0 Å². The molecule has 0 unspecified atom stereocenters. The number of nitrogens with one attached hydrogen (secondary N) is 2. The van der Waals surface area contributed by atoms with Crippen LogP contribution in [0.25, 0.3) is 5.57 Å². The van der Waals surface area contributed by atoms with E-state index in [0.717, 1.165) is 24.8 Å². The van der Waals surface area contributed by atoms with Gasteiger partial charge in [-0.15, -0.1) is 0 Å². The monoisotopic (exact) mass is 385 g/mol. The molecule has 3 amide bonds. The molecule has 1 aliphatic carbocycles. The highest BCUT2D eigenvalue weighted by atomic mass is 16.3. The molecule has 0 radical (unpaired) electrons. The zero-order valence-corrected chi connectivity index (χ0v) is 16.8. The van der Waals surface area contributed by atoms with E-state index < -0.39 is 0 Å². The number of urea groups is 1. The second-order valence-electron chi connectivity index (χ2n) is 7.66. The third kappa shape index (κ3) is 4.22. The highest BCUT2D eigenvalue weighted by Crippen LogP contribution is 2.41. The Morgan fingerprint density at radius 2 is 1.93 bits per heavy atom. The van der Waals surface area contributed by atoms with Crippen molar-refractivity contribution in [3.05, 3.63) is 41.5 Å². The predicted molar refractivity (Wildman–Crippen MR) is 110 cm³/mol. The van der Waals surface area contributed by atoms with E-state index in [2.05, 4.69) is 41.0 Å². The van der Waals surface area contributed by atoms with Gasteiger partial charge in [-0.2, -0.15) is 0 Å². The van der Waals surface area contributed by atoms with Crippen LogP contribution < -0.4 is 10.6 Å². The van der Waals surface area contributed by atoms with Crippen LogP contribution in [0.3, 0.4) is 0 Å². The summed E-state index contributed by atoms with van der Waals surface area (Å²) in [7, 11) is 0. The lowest BCUT2D eigenvalue weighted by atomic mass is 9.75. The number of hydrogen-bond acceptors (Lipinski definition) is 3. The molecule has 0 bridgehead atoms. The highest BCUT2D eigenvalue weighted by molar-refractivity contribution is 5.77. The standard InChI is InChI=1S/C22H31N3O3/c1-3-12-23-22(28)25-19(13-24-15(2)27)21(20(25)14-26)18-10-8-17(9-11-18)16-6-4-5-7-16/h6,8-11,19-21,26H,3-5,7,12-14H2,1-2H3,(H,23,28)(H,24,27)/t19-,20-,21+/m0/s1. The van der Waals surface area contributed by atoms with Crippen molar-refractivity contribution >= 4 is 17.5 Å². The van der Waals surface area contributed by atoms with Crippen molar-refractivity contribution in [3.63, 3.8) is 0 Å². The van der Waals surface area contributed by atoms with Gasteiger partial charge in [0.05, 0.1) is 18.7 Å². The summed E-state index contributed by atoms with van der Waals surface area (Å²) < 4.78 is 0. The number of carbonyl (C=O) groups excluding carboxylic acids is 2. The maximum atomic E-state index is 12.6. The van der Waals surface area contributed by atoms with Gasteiger partial charge in [-0.25, -0.2) is 4.79 Å². The van der Waals surface area contributed by atoms with Crippen LogP contribution in [0.15, 0.2) is 30.3 Å². The first-order chi connectivity index (χ1) is 13.6. The average Bonchev–Trinajstić information content (AvgIpc) is 3.21. The first-order valence-corrected chi connectivity index (χ1v) is 10.3. The molecular formula is C22H31N3O3. The van der Waals surface area contributed by atoms with Gasteiger partial charge < -0.3 is 20.6 Å². The molecule has 3 rings (SSSR count). The zero-order valence-electron chi connectivity index (χ0n) is 16.8. The van der Waals surface area contributed by atoms with Crippen LogP contribution in [0.1, 0.15) is 56.6 Å². The molecule has 0 aromatic heterocycles. The molecule has 1 aliphatic heterocycles. The molecule has 2 aliphatic rings. The number of aliphatic hydroxyl groups is 1. The molecular weight excluding hydrogens is 354 g/mol. The number of benzene rings is 1. The van der Waals surface area contributed by atoms with E-state index in [4.69, 9.17) is 0 Å². The molecule has 1 heterocycles. The molecule has 1 aromatic rings. The minimum absolute atomic E-state index is 0.00386. The van der Waals surface area contributed by atoms with Gasteiger partial charge in [0.1, 0.15) is 0 Å². The highest BCUT2D eigenvalue weighted by Gasteiger charge is 2.51. The number of rotatable bonds is 7. The van der Waals surface area contributed by atoms with E-state index in [1.165, 1.54) is 24.5 Å². The smallest absolute Gasteiger partial charge is 0.318 e. The molecule has 1 fully saturated rings. The lowest BCUT2D eigenvalue weighted by Crippen LogP contribution is -2.70. The summed E-state index contributed by atoms with van der Waals surface area (Å²) in [6.45, 7) is 4.34. The Kier molecular flexibility index (Phi) is 6.73. The minimum atomic E-state index is -0.285. The zero-order chi connectivity index (χ0) is 20.1. The van der Waals surface area contributed by atoms with Crippen molar-refractivity contribution in [2.45, 2.75) is 57.5 Å². The first-order valence-electron chi connectivity index (χ1n) is 10.3. The number of hydrogen-bond donors (Lipinski definition) is 3. The summed E-state index contributed by atoms with van der Waals surface area (Å²) >= 11 is 0. The Bertz CT molecular complexity index is 729. The van der Waals surface area contributed by atoms with E-state index >= 15 is 0 Å². The van der Waals surface area contributed by atoms with Gasteiger partial charge in [0.25, 0.3) is 0 Å². The summed E-state index contributed by atoms with van der Waals surface area (Å²) in [5.41, 5.74) is 3.74. The Morgan fingerprint density at radius 1 is 1.18 bits per heavy atom. The molecule has 3 N–H and O–H groups in total. The number of aliphatic hydroxyl groups excluding tert-OH is 1. The number of carbonyl (C=O) groups is 2. The van der Waals surface area contributed by atoms with Gasteiger partial charge in [0, 0.05) is 25.9 Å². The predicted octanol–water partition coefficient (Wildman–Crippen LogP) is 2.64. The summed E-state index contributed by atoms with van der Waals surface area (Å²) in [4.78, 5) is 25.7. The summed E-state index contributed by atoms with van der Waals surface area (Å²) in [5, 5.41) is 15.7. The molecule has 152 valence electrons. The third-order valence-electron chi connectivity index (χ3n) is 5.76. The lowest BCUT2D eigenvalue weighted by molar-refractivity contribution is -0.119. The summed E-state index contributed by atoms with van der Waals surface area (Å²) in [6.07, 6.45) is 6.63. The molecule has 0 spiro atoms. The van der Waals surface area contributed by atoms with Crippen LogP contribution in [0.4, 0.5) is 4.79 Å². The van der Waals surface area contributed by atoms with Crippen molar-refractivity contribution in [3.8, 4) is 0 Å². The van der Waals surface area contributed by atoms with E-state index in [-0.39, 0.29) is 36.5 Å². The fourth-order valence-corrected chi connectivity index (χ4v) is 4.34. The van der Waals surface area contributed by atoms with E-state index in [9.17, 15) is 14.7 Å². The fourth-order valence-electron chi connectivity index (χ4n) is 4.34. The first kappa shape index (κ1) is 20.4. The number of likely N-dealkylation sites (tertiary alicyclic amines) is 1. The molecule has 6 nitrogen and oxygen atoms in total. The van der Waals surface area contributed by atoms with Gasteiger partial charge in [-0.05, 0) is 42.4 Å². The van der Waals surface area contributed by atoms with E-state index in [1.807, 2.05) is 6.92 Å². The number of amides is 3. The van der Waals surface area contributed by atoms with Crippen LogP contribution in [-0.2, 0) is 4.79 Å². The topological polar surface area (TPSA) is 81.7 Å². The normalized spacial score (nSPS) is 23.8.